The van der Waals surface area contributed by atoms with Gasteiger partial charge in [-0.2, -0.15) is 0 Å². The topological polar surface area (TPSA) is 35.5 Å². The van der Waals surface area contributed by atoms with E-state index in [1.54, 1.807) is 13.2 Å². The summed E-state index contributed by atoms with van der Waals surface area (Å²) in [4.78, 5) is 11.3. The average Bonchev–Trinajstić information content (AvgIpc) is 2.38. The first-order chi connectivity index (χ1) is 9.80. The summed E-state index contributed by atoms with van der Waals surface area (Å²) in [6, 6.07) is 0. The Balaban J connectivity index is 3.79. The second-order valence-electron chi connectivity index (χ2n) is 6.60. The van der Waals surface area contributed by atoms with Crippen molar-refractivity contribution >= 4 is 5.97 Å². The molecule has 0 aliphatic heterocycles. The van der Waals surface area contributed by atoms with E-state index in [4.69, 9.17) is 9.47 Å². The third-order valence-electron chi connectivity index (χ3n) is 3.95. The third-order valence-corrected chi connectivity index (χ3v) is 3.95. The molecule has 3 heteroatoms. The van der Waals surface area contributed by atoms with Gasteiger partial charge in [0.2, 0.25) is 0 Å². The molecule has 0 saturated heterocycles. The lowest BCUT2D eigenvalue weighted by molar-refractivity contribution is -0.137. The van der Waals surface area contributed by atoms with Gasteiger partial charge < -0.3 is 9.47 Å². The monoisotopic (exact) mass is 298 g/mol. The Hall–Kier alpha value is -0.830. The average molecular weight is 298 g/mol. The zero-order valence-corrected chi connectivity index (χ0v) is 14.8. The highest BCUT2D eigenvalue weighted by Gasteiger charge is 2.16. The van der Waals surface area contributed by atoms with Crippen LogP contribution in [-0.4, -0.2) is 25.3 Å². The molecule has 0 aromatic heterocycles. The minimum atomic E-state index is -0.218. The van der Waals surface area contributed by atoms with Crippen molar-refractivity contribution in [3.8, 4) is 0 Å². The fourth-order valence-electron chi connectivity index (χ4n) is 2.31. The number of allylic oxidation sites excluding steroid dienone is 1. The first-order valence-electron chi connectivity index (χ1n) is 8.19. The van der Waals surface area contributed by atoms with Crippen LogP contribution in [0.3, 0.4) is 0 Å². The lowest BCUT2D eigenvalue weighted by atomic mass is 9.93. The van der Waals surface area contributed by atoms with E-state index in [2.05, 4.69) is 20.8 Å². The largest absolute Gasteiger partial charge is 0.463 e. The van der Waals surface area contributed by atoms with Crippen LogP contribution in [0.15, 0.2) is 11.6 Å². The summed E-state index contributed by atoms with van der Waals surface area (Å²) in [5, 5.41) is 0. The van der Waals surface area contributed by atoms with E-state index in [9.17, 15) is 4.79 Å². The van der Waals surface area contributed by atoms with E-state index in [0.29, 0.717) is 6.61 Å². The summed E-state index contributed by atoms with van der Waals surface area (Å²) in [5.74, 6) is 0.512. The molecule has 0 amide bonds. The Morgan fingerprint density at radius 3 is 2.43 bits per heavy atom. The summed E-state index contributed by atoms with van der Waals surface area (Å²) in [7, 11) is 1.78. The van der Waals surface area contributed by atoms with Gasteiger partial charge in [-0.05, 0) is 52.9 Å². The summed E-state index contributed by atoms with van der Waals surface area (Å²) in [6.45, 7) is 10.9. The van der Waals surface area contributed by atoms with Crippen molar-refractivity contribution in [3.63, 3.8) is 0 Å². The number of rotatable bonds is 11. The van der Waals surface area contributed by atoms with Crippen LogP contribution in [-0.2, 0) is 14.3 Å². The number of carbonyl (C=O) groups excluding carboxylic acids is 1. The van der Waals surface area contributed by atoms with E-state index in [1.807, 2.05) is 13.8 Å². The molecule has 0 aliphatic carbocycles. The molecule has 0 radical (unpaired) electrons. The summed E-state index contributed by atoms with van der Waals surface area (Å²) >= 11 is 0. The first-order valence-corrected chi connectivity index (χ1v) is 8.19. The standard InChI is InChI=1S/C18H34O3/c1-7-21-17(19)14-16(3)11-8-10-15(2)12-9-13-18(4,5)20-6/h14-15H,7-13H2,1-6H3. The van der Waals surface area contributed by atoms with Crippen LogP contribution in [0.5, 0.6) is 0 Å². The van der Waals surface area contributed by atoms with E-state index in [1.165, 1.54) is 19.3 Å². The minimum absolute atomic E-state index is 0.00130. The molecule has 124 valence electrons. The lowest BCUT2D eigenvalue weighted by Crippen LogP contribution is -2.22. The predicted molar refractivity (Wildman–Crippen MR) is 88.3 cm³/mol. The van der Waals surface area contributed by atoms with Crippen LogP contribution in [0.1, 0.15) is 73.1 Å². The van der Waals surface area contributed by atoms with Crippen LogP contribution < -0.4 is 0 Å². The van der Waals surface area contributed by atoms with Crippen LogP contribution >= 0.6 is 0 Å². The molecular formula is C18H34O3. The number of ether oxygens (including phenoxy) is 2. The molecule has 0 aromatic rings. The van der Waals surface area contributed by atoms with Crippen molar-refractivity contribution in [3.05, 3.63) is 11.6 Å². The van der Waals surface area contributed by atoms with Crippen molar-refractivity contribution < 1.29 is 14.3 Å². The Bertz CT molecular complexity index is 318. The Kier molecular flexibility index (Phi) is 10.4. The summed E-state index contributed by atoms with van der Waals surface area (Å²) in [5.41, 5.74) is 1.11. The second-order valence-corrected chi connectivity index (χ2v) is 6.60. The van der Waals surface area contributed by atoms with Gasteiger partial charge in [0.1, 0.15) is 0 Å². The van der Waals surface area contributed by atoms with Gasteiger partial charge in [-0.25, -0.2) is 4.79 Å². The first kappa shape index (κ1) is 20.2. The van der Waals surface area contributed by atoms with E-state index in [0.717, 1.165) is 30.8 Å². The maximum Gasteiger partial charge on any atom is 0.330 e. The van der Waals surface area contributed by atoms with Crippen molar-refractivity contribution in [2.45, 2.75) is 78.7 Å². The zero-order valence-electron chi connectivity index (χ0n) is 14.8. The van der Waals surface area contributed by atoms with Gasteiger partial charge in [-0.1, -0.05) is 31.8 Å². The van der Waals surface area contributed by atoms with E-state index in [-0.39, 0.29) is 11.6 Å². The second kappa shape index (κ2) is 10.8. The SMILES string of the molecule is CCOC(=O)C=C(C)CCCC(C)CCCC(C)(C)OC. The summed E-state index contributed by atoms with van der Waals surface area (Å²) in [6.07, 6.45) is 8.50. The van der Waals surface area contributed by atoms with Gasteiger partial charge in [0.15, 0.2) is 0 Å². The highest BCUT2D eigenvalue weighted by molar-refractivity contribution is 5.82. The maximum atomic E-state index is 11.3. The molecule has 0 heterocycles. The molecule has 1 atom stereocenters. The van der Waals surface area contributed by atoms with E-state index >= 15 is 0 Å². The van der Waals surface area contributed by atoms with Crippen molar-refractivity contribution in [1.82, 2.24) is 0 Å². The fraction of sp³-hybridized carbons (Fsp3) is 0.833. The highest BCUT2D eigenvalue weighted by atomic mass is 16.5. The van der Waals surface area contributed by atoms with Crippen LogP contribution in [0.25, 0.3) is 0 Å². The smallest absolute Gasteiger partial charge is 0.330 e. The molecule has 1 unspecified atom stereocenters. The van der Waals surface area contributed by atoms with Crippen LogP contribution in [0, 0.1) is 5.92 Å². The Labute approximate surface area is 131 Å². The van der Waals surface area contributed by atoms with Crippen molar-refractivity contribution in [2.24, 2.45) is 5.92 Å². The molecule has 0 rings (SSSR count). The molecule has 0 bridgehead atoms. The molecule has 21 heavy (non-hydrogen) atoms. The van der Waals surface area contributed by atoms with Gasteiger partial charge in [0.25, 0.3) is 0 Å². The van der Waals surface area contributed by atoms with Crippen LogP contribution in [0.4, 0.5) is 0 Å². The minimum Gasteiger partial charge on any atom is -0.463 e. The van der Waals surface area contributed by atoms with E-state index < -0.39 is 0 Å². The quantitative estimate of drug-likeness (QED) is 0.402. The molecule has 0 spiro atoms. The maximum absolute atomic E-state index is 11.3. The molecule has 0 aliphatic rings. The number of hydrogen-bond donors (Lipinski definition) is 0. The molecule has 0 N–H and O–H groups in total. The van der Waals surface area contributed by atoms with Crippen molar-refractivity contribution in [2.75, 3.05) is 13.7 Å². The Morgan fingerprint density at radius 1 is 1.24 bits per heavy atom. The predicted octanol–water partition coefficient (Wildman–Crippen LogP) is 4.90. The third kappa shape index (κ3) is 11.5. The normalized spacial score (nSPS) is 14.1. The Morgan fingerprint density at radius 2 is 1.86 bits per heavy atom. The van der Waals surface area contributed by atoms with Crippen molar-refractivity contribution in [1.29, 1.82) is 0 Å². The van der Waals surface area contributed by atoms with Gasteiger partial charge in [-0.15, -0.1) is 0 Å². The molecule has 0 aromatic carbocycles. The number of hydrogen-bond acceptors (Lipinski definition) is 3. The van der Waals surface area contributed by atoms with Gasteiger partial charge >= 0.3 is 5.97 Å². The summed E-state index contributed by atoms with van der Waals surface area (Å²) < 4.78 is 10.3. The molecular weight excluding hydrogens is 264 g/mol. The van der Waals surface area contributed by atoms with Gasteiger partial charge in [0.05, 0.1) is 12.2 Å². The number of esters is 1. The molecule has 3 nitrogen and oxygen atoms in total. The highest BCUT2D eigenvalue weighted by Crippen LogP contribution is 2.22. The molecule has 0 saturated carbocycles. The number of carbonyl (C=O) groups is 1. The van der Waals surface area contributed by atoms with Gasteiger partial charge in [-0.3, -0.25) is 0 Å². The lowest BCUT2D eigenvalue weighted by Gasteiger charge is -2.23. The van der Waals surface area contributed by atoms with Crippen LogP contribution in [0.2, 0.25) is 0 Å². The number of methoxy groups -OCH3 is 1. The fourth-order valence-corrected chi connectivity index (χ4v) is 2.31. The molecule has 0 fully saturated rings. The zero-order chi connectivity index (χ0) is 16.3. The van der Waals surface area contributed by atoms with Gasteiger partial charge in [0, 0.05) is 13.2 Å².